The number of benzene rings is 1. The Morgan fingerprint density at radius 3 is 2.11 bits per heavy atom. The van der Waals surface area contributed by atoms with Gasteiger partial charge in [-0.3, -0.25) is 0 Å². The van der Waals surface area contributed by atoms with E-state index in [0.717, 1.165) is 22.9 Å². The molecule has 3 heteroatoms. The van der Waals surface area contributed by atoms with E-state index < -0.39 is 6.10 Å². The molecule has 0 bridgehead atoms. The number of halogens is 1. The van der Waals surface area contributed by atoms with Crippen molar-refractivity contribution in [1.29, 1.82) is 0 Å². The fourth-order valence-corrected chi connectivity index (χ4v) is 3.46. The molecule has 3 N–H and O–H groups in total. The first-order valence-corrected chi connectivity index (χ1v) is 8.11. The van der Waals surface area contributed by atoms with E-state index in [1.807, 2.05) is 24.3 Å². The van der Waals surface area contributed by atoms with Gasteiger partial charge in [-0.15, -0.1) is 0 Å². The Balaban J connectivity index is 2.20. The van der Waals surface area contributed by atoms with Crippen LogP contribution in [0.4, 0.5) is 0 Å². The number of hydrogen-bond donors (Lipinski definition) is 2. The van der Waals surface area contributed by atoms with Gasteiger partial charge in [0.1, 0.15) is 0 Å². The predicted molar refractivity (Wildman–Crippen MR) is 82.9 cm³/mol. The van der Waals surface area contributed by atoms with Crippen LogP contribution in [0.2, 0.25) is 0 Å². The van der Waals surface area contributed by atoms with Crippen LogP contribution in [0.1, 0.15) is 56.6 Å². The largest absolute Gasteiger partial charge is 0.388 e. The summed E-state index contributed by atoms with van der Waals surface area (Å²) in [5.74, 6) is 0. The summed E-state index contributed by atoms with van der Waals surface area (Å²) >= 11 is 3.44. The molecule has 2 rings (SSSR count). The molecule has 1 unspecified atom stereocenters. The zero-order valence-corrected chi connectivity index (χ0v) is 13.0. The van der Waals surface area contributed by atoms with Gasteiger partial charge in [0.05, 0.1) is 6.10 Å². The minimum atomic E-state index is -0.441. The monoisotopic (exact) mass is 325 g/mol. The maximum absolute atomic E-state index is 10.8. The number of hydrogen-bond acceptors (Lipinski definition) is 2. The Hall–Kier alpha value is -0.380. The Morgan fingerprint density at radius 2 is 1.58 bits per heavy atom. The summed E-state index contributed by atoms with van der Waals surface area (Å²) in [5.41, 5.74) is 6.92. The minimum absolute atomic E-state index is 0.131. The summed E-state index contributed by atoms with van der Waals surface area (Å²) in [6, 6.07) is 7.99. The van der Waals surface area contributed by atoms with Crippen LogP contribution < -0.4 is 5.73 Å². The molecule has 0 radical (unpaired) electrons. The van der Waals surface area contributed by atoms with Crippen LogP contribution >= 0.6 is 15.9 Å². The molecule has 1 saturated carbocycles. The van der Waals surface area contributed by atoms with Gasteiger partial charge >= 0.3 is 0 Å². The minimum Gasteiger partial charge on any atom is -0.388 e. The van der Waals surface area contributed by atoms with Gasteiger partial charge in [0, 0.05) is 16.4 Å². The molecule has 0 aromatic heterocycles. The molecule has 19 heavy (non-hydrogen) atoms. The summed E-state index contributed by atoms with van der Waals surface area (Å²) < 4.78 is 1.04. The van der Waals surface area contributed by atoms with Gasteiger partial charge in [0.25, 0.3) is 0 Å². The lowest BCUT2D eigenvalue weighted by molar-refractivity contribution is 0.00848. The highest BCUT2D eigenvalue weighted by molar-refractivity contribution is 9.10. The van der Waals surface area contributed by atoms with Crippen LogP contribution in [-0.2, 0) is 0 Å². The van der Waals surface area contributed by atoms with Gasteiger partial charge in [-0.1, -0.05) is 60.2 Å². The van der Waals surface area contributed by atoms with E-state index in [-0.39, 0.29) is 5.41 Å². The third-order valence-electron chi connectivity index (χ3n) is 4.52. The molecule has 0 aliphatic heterocycles. The topological polar surface area (TPSA) is 46.2 Å². The summed E-state index contributed by atoms with van der Waals surface area (Å²) in [7, 11) is 0. The standard InChI is InChI=1S/C16H24BrNO/c17-14-8-6-13(7-9-14)15(19)16(12-18)10-4-2-1-3-5-11-16/h6-9,15,19H,1-5,10-12,18H2. The van der Waals surface area contributed by atoms with Crippen molar-refractivity contribution in [2.45, 2.75) is 51.0 Å². The number of aliphatic hydroxyl groups is 1. The van der Waals surface area contributed by atoms with Crippen LogP contribution in [0.5, 0.6) is 0 Å². The molecule has 2 nitrogen and oxygen atoms in total. The quantitative estimate of drug-likeness (QED) is 0.876. The SMILES string of the molecule is NCC1(C(O)c2ccc(Br)cc2)CCCCCCC1. The average Bonchev–Trinajstić information content (AvgIpc) is 2.39. The molecule has 0 saturated heterocycles. The summed E-state index contributed by atoms with van der Waals surface area (Å²) in [6.45, 7) is 0.574. The van der Waals surface area contributed by atoms with E-state index in [1.165, 1.54) is 32.1 Å². The molecular formula is C16H24BrNO. The normalized spacial score (nSPS) is 21.4. The van der Waals surface area contributed by atoms with Gasteiger partial charge in [-0.25, -0.2) is 0 Å². The number of nitrogens with two attached hydrogens (primary N) is 1. The smallest absolute Gasteiger partial charge is 0.0858 e. The van der Waals surface area contributed by atoms with E-state index in [2.05, 4.69) is 15.9 Å². The Morgan fingerprint density at radius 1 is 1.05 bits per heavy atom. The van der Waals surface area contributed by atoms with Crippen molar-refractivity contribution in [1.82, 2.24) is 0 Å². The maximum atomic E-state index is 10.8. The van der Waals surface area contributed by atoms with Gasteiger partial charge < -0.3 is 10.8 Å². The fourth-order valence-electron chi connectivity index (χ4n) is 3.20. The molecule has 1 aromatic rings. The van der Waals surface area contributed by atoms with Crippen molar-refractivity contribution in [3.63, 3.8) is 0 Å². The molecule has 1 atom stereocenters. The lowest BCUT2D eigenvalue weighted by Gasteiger charge is -2.39. The zero-order chi connectivity index (χ0) is 13.7. The van der Waals surface area contributed by atoms with Crippen LogP contribution in [0.15, 0.2) is 28.7 Å². The van der Waals surface area contributed by atoms with Gasteiger partial charge in [-0.05, 0) is 30.5 Å². The molecule has 1 aromatic carbocycles. The highest BCUT2D eigenvalue weighted by atomic mass is 79.9. The second kappa shape index (κ2) is 6.87. The third-order valence-corrected chi connectivity index (χ3v) is 5.05. The van der Waals surface area contributed by atoms with E-state index in [1.54, 1.807) is 0 Å². The van der Waals surface area contributed by atoms with E-state index in [9.17, 15) is 5.11 Å². The van der Waals surface area contributed by atoms with E-state index in [4.69, 9.17) is 5.73 Å². The van der Waals surface area contributed by atoms with Crippen LogP contribution in [0.25, 0.3) is 0 Å². The predicted octanol–water partition coefficient (Wildman–Crippen LogP) is 4.17. The van der Waals surface area contributed by atoms with Gasteiger partial charge in [-0.2, -0.15) is 0 Å². The highest BCUT2D eigenvalue weighted by Gasteiger charge is 2.37. The Kier molecular flexibility index (Phi) is 5.43. The van der Waals surface area contributed by atoms with Crippen molar-refractivity contribution in [3.05, 3.63) is 34.3 Å². The first-order chi connectivity index (χ1) is 9.18. The molecule has 1 aliphatic carbocycles. The van der Waals surface area contributed by atoms with Crippen LogP contribution in [-0.4, -0.2) is 11.7 Å². The van der Waals surface area contributed by atoms with E-state index >= 15 is 0 Å². The molecule has 1 fully saturated rings. The maximum Gasteiger partial charge on any atom is 0.0858 e. The highest BCUT2D eigenvalue weighted by Crippen LogP contribution is 2.43. The van der Waals surface area contributed by atoms with Crippen molar-refractivity contribution in [3.8, 4) is 0 Å². The zero-order valence-electron chi connectivity index (χ0n) is 11.4. The second-order valence-electron chi connectivity index (χ2n) is 5.79. The molecular weight excluding hydrogens is 302 g/mol. The van der Waals surface area contributed by atoms with Crippen molar-refractivity contribution >= 4 is 15.9 Å². The van der Waals surface area contributed by atoms with Crippen LogP contribution in [0, 0.1) is 5.41 Å². The average molecular weight is 326 g/mol. The second-order valence-corrected chi connectivity index (χ2v) is 6.70. The summed E-state index contributed by atoms with van der Waals surface area (Å²) in [6.07, 6.45) is 7.89. The van der Waals surface area contributed by atoms with Crippen LogP contribution in [0.3, 0.4) is 0 Å². The van der Waals surface area contributed by atoms with Crippen molar-refractivity contribution in [2.24, 2.45) is 11.1 Å². The Labute approximate surface area is 124 Å². The van der Waals surface area contributed by atoms with Gasteiger partial charge in [0.15, 0.2) is 0 Å². The molecule has 1 aliphatic rings. The van der Waals surface area contributed by atoms with Gasteiger partial charge in [0.2, 0.25) is 0 Å². The lowest BCUT2D eigenvalue weighted by atomic mass is 9.70. The van der Waals surface area contributed by atoms with E-state index in [0.29, 0.717) is 6.54 Å². The molecule has 106 valence electrons. The molecule has 0 heterocycles. The fraction of sp³-hybridized carbons (Fsp3) is 0.625. The lowest BCUT2D eigenvalue weighted by Crippen LogP contribution is -2.37. The molecule has 0 spiro atoms. The summed E-state index contributed by atoms with van der Waals surface area (Å²) in [4.78, 5) is 0. The first-order valence-electron chi connectivity index (χ1n) is 7.31. The van der Waals surface area contributed by atoms with Crippen molar-refractivity contribution in [2.75, 3.05) is 6.54 Å². The third kappa shape index (κ3) is 3.59. The first kappa shape index (κ1) is 15.0. The number of aliphatic hydroxyl groups excluding tert-OH is 1. The Bertz CT molecular complexity index is 382. The number of rotatable bonds is 3. The summed E-state index contributed by atoms with van der Waals surface area (Å²) in [5, 5.41) is 10.8. The molecule has 0 amide bonds. The van der Waals surface area contributed by atoms with Crippen molar-refractivity contribution < 1.29 is 5.11 Å².